The molecule has 1 heterocycles. The van der Waals surface area contributed by atoms with Gasteiger partial charge in [0.2, 0.25) is 0 Å². The molecule has 0 radical (unpaired) electrons. The van der Waals surface area contributed by atoms with E-state index in [1.165, 1.54) is 41.0 Å². The van der Waals surface area contributed by atoms with E-state index in [4.69, 9.17) is 5.73 Å². The Morgan fingerprint density at radius 3 is 2.86 bits per heavy atom. The summed E-state index contributed by atoms with van der Waals surface area (Å²) in [5.41, 5.74) is 12.7. The van der Waals surface area contributed by atoms with Gasteiger partial charge < -0.3 is 10.3 Å². The van der Waals surface area contributed by atoms with Crippen molar-refractivity contribution >= 4 is 0 Å². The third-order valence-electron chi connectivity index (χ3n) is 4.57. The second kappa shape index (κ2) is 6.02. The van der Waals surface area contributed by atoms with Gasteiger partial charge in [-0.3, -0.25) is 0 Å². The lowest BCUT2D eigenvalue weighted by Gasteiger charge is -2.17. The van der Waals surface area contributed by atoms with Crippen molar-refractivity contribution in [3.8, 4) is 5.69 Å². The van der Waals surface area contributed by atoms with Crippen LogP contribution in [0.25, 0.3) is 5.69 Å². The third kappa shape index (κ3) is 2.88. The molecule has 3 nitrogen and oxygen atoms in total. The van der Waals surface area contributed by atoms with Crippen molar-refractivity contribution in [3.63, 3.8) is 0 Å². The van der Waals surface area contributed by atoms with Crippen molar-refractivity contribution in [2.75, 3.05) is 0 Å². The number of aromatic nitrogens is 2. The highest BCUT2D eigenvalue weighted by molar-refractivity contribution is 5.45. The molecule has 3 rings (SSSR count). The Morgan fingerprint density at radius 2 is 2.10 bits per heavy atom. The zero-order chi connectivity index (χ0) is 14.8. The van der Waals surface area contributed by atoms with Crippen LogP contribution in [0.1, 0.15) is 48.7 Å². The fraction of sp³-hybridized carbons (Fsp3) is 0.500. The summed E-state index contributed by atoms with van der Waals surface area (Å²) >= 11 is 0. The van der Waals surface area contributed by atoms with Crippen molar-refractivity contribution in [2.24, 2.45) is 5.73 Å². The monoisotopic (exact) mass is 283 g/mol. The first-order valence-electron chi connectivity index (χ1n) is 8.09. The number of benzene rings is 1. The SMILES string of the molecule is CCC(N)Cc1ccc(-n2cnc3c2CCCC3)c(C)c1. The van der Waals surface area contributed by atoms with Gasteiger partial charge in [-0.1, -0.05) is 19.1 Å². The molecule has 0 saturated carbocycles. The molecular formula is C18H25N3. The maximum absolute atomic E-state index is 6.06. The lowest BCUT2D eigenvalue weighted by molar-refractivity contribution is 0.645. The Labute approximate surface area is 127 Å². The van der Waals surface area contributed by atoms with Gasteiger partial charge in [-0.25, -0.2) is 4.98 Å². The second-order valence-electron chi connectivity index (χ2n) is 6.21. The van der Waals surface area contributed by atoms with Crippen LogP contribution in [0, 0.1) is 6.92 Å². The molecule has 1 aromatic heterocycles. The zero-order valence-corrected chi connectivity index (χ0v) is 13.1. The van der Waals surface area contributed by atoms with Crippen molar-refractivity contribution in [1.82, 2.24) is 9.55 Å². The summed E-state index contributed by atoms with van der Waals surface area (Å²) < 4.78 is 2.29. The van der Waals surface area contributed by atoms with Crippen LogP contribution in [0.4, 0.5) is 0 Å². The predicted molar refractivity (Wildman–Crippen MR) is 86.9 cm³/mol. The van der Waals surface area contributed by atoms with Gasteiger partial charge >= 0.3 is 0 Å². The first kappa shape index (κ1) is 14.3. The quantitative estimate of drug-likeness (QED) is 0.935. The summed E-state index contributed by atoms with van der Waals surface area (Å²) in [6.07, 6.45) is 8.81. The summed E-state index contributed by atoms with van der Waals surface area (Å²) in [4.78, 5) is 4.60. The van der Waals surface area contributed by atoms with Crippen LogP contribution < -0.4 is 5.73 Å². The normalized spacial score (nSPS) is 15.8. The number of imidazole rings is 1. The summed E-state index contributed by atoms with van der Waals surface area (Å²) in [6, 6.07) is 6.98. The summed E-state index contributed by atoms with van der Waals surface area (Å²) in [5, 5.41) is 0. The lowest BCUT2D eigenvalue weighted by atomic mass is 9.99. The fourth-order valence-electron chi connectivity index (χ4n) is 3.24. The number of nitrogens with zero attached hydrogens (tertiary/aromatic N) is 2. The van der Waals surface area contributed by atoms with Crippen molar-refractivity contribution in [1.29, 1.82) is 0 Å². The van der Waals surface area contributed by atoms with E-state index in [1.54, 1.807) is 0 Å². The number of nitrogens with two attached hydrogens (primary N) is 1. The number of hydrogen-bond acceptors (Lipinski definition) is 2. The van der Waals surface area contributed by atoms with Gasteiger partial charge in [-0.05, 0) is 62.6 Å². The van der Waals surface area contributed by atoms with Crippen molar-refractivity contribution in [2.45, 2.75) is 58.4 Å². The van der Waals surface area contributed by atoms with Gasteiger partial charge in [0.1, 0.15) is 0 Å². The minimum atomic E-state index is 0.260. The molecule has 1 aliphatic carbocycles. The van der Waals surface area contributed by atoms with Crippen LogP contribution in [-0.4, -0.2) is 15.6 Å². The highest BCUT2D eigenvalue weighted by atomic mass is 15.1. The molecular weight excluding hydrogens is 258 g/mol. The van der Waals surface area contributed by atoms with Gasteiger partial charge in [0.25, 0.3) is 0 Å². The Bertz CT molecular complexity index is 627. The van der Waals surface area contributed by atoms with Crippen LogP contribution in [0.2, 0.25) is 0 Å². The summed E-state index contributed by atoms with van der Waals surface area (Å²) in [5.74, 6) is 0. The van der Waals surface area contributed by atoms with Crippen molar-refractivity contribution < 1.29 is 0 Å². The summed E-state index contributed by atoms with van der Waals surface area (Å²) in [6.45, 7) is 4.33. The Hall–Kier alpha value is -1.61. The van der Waals surface area contributed by atoms with Gasteiger partial charge in [0, 0.05) is 17.4 Å². The van der Waals surface area contributed by atoms with E-state index < -0.39 is 0 Å². The van der Waals surface area contributed by atoms with E-state index in [0.717, 1.165) is 25.7 Å². The van der Waals surface area contributed by atoms with Gasteiger partial charge in [0.05, 0.1) is 12.0 Å². The van der Waals surface area contributed by atoms with E-state index in [-0.39, 0.29) is 6.04 Å². The lowest BCUT2D eigenvalue weighted by Crippen LogP contribution is -2.21. The van der Waals surface area contributed by atoms with E-state index in [0.29, 0.717) is 0 Å². The molecule has 0 aliphatic heterocycles. The first-order valence-corrected chi connectivity index (χ1v) is 8.09. The Morgan fingerprint density at radius 1 is 1.29 bits per heavy atom. The minimum Gasteiger partial charge on any atom is -0.327 e. The largest absolute Gasteiger partial charge is 0.327 e. The van der Waals surface area contributed by atoms with Crippen LogP contribution in [0.3, 0.4) is 0 Å². The molecule has 0 spiro atoms. The third-order valence-corrected chi connectivity index (χ3v) is 4.57. The molecule has 0 fully saturated rings. The molecule has 2 N–H and O–H groups in total. The molecule has 112 valence electrons. The number of aryl methyl sites for hydroxylation is 2. The van der Waals surface area contributed by atoms with Gasteiger partial charge in [-0.2, -0.15) is 0 Å². The van der Waals surface area contributed by atoms with Crippen LogP contribution >= 0.6 is 0 Å². The predicted octanol–water partition coefficient (Wildman–Crippen LogP) is 3.34. The fourth-order valence-corrected chi connectivity index (χ4v) is 3.24. The molecule has 0 amide bonds. The standard InChI is InChI=1S/C18H25N3/c1-3-15(19)11-14-8-9-17(13(2)10-14)21-12-20-16-6-4-5-7-18(16)21/h8-10,12,15H,3-7,11,19H2,1-2H3. The number of rotatable bonds is 4. The molecule has 1 atom stereocenters. The maximum atomic E-state index is 6.06. The molecule has 1 unspecified atom stereocenters. The van der Waals surface area contributed by atoms with E-state index in [1.807, 2.05) is 6.33 Å². The average molecular weight is 283 g/mol. The molecule has 3 heteroatoms. The highest BCUT2D eigenvalue weighted by Gasteiger charge is 2.17. The molecule has 2 aromatic rings. The highest BCUT2D eigenvalue weighted by Crippen LogP contribution is 2.25. The zero-order valence-electron chi connectivity index (χ0n) is 13.1. The average Bonchev–Trinajstić information content (AvgIpc) is 2.91. The molecule has 0 bridgehead atoms. The van der Waals surface area contributed by atoms with Gasteiger partial charge in [0.15, 0.2) is 0 Å². The van der Waals surface area contributed by atoms with Crippen LogP contribution in [0.5, 0.6) is 0 Å². The molecule has 1 aliphatic rings. The molecule has 21 heavy (non-hydrogen) atoms. The minimum absolute atomic E-state index is 0.260. The van der Waals surface area contributed by atoms with E-state index in [9.17, 15) is 0 Å². The number of fused-ring (bicyclic) bond motifs is 1. The second-order valence-corrected chi connectivity index (χ2v) is 6.21. The Kier molecular flexibility index (Phi) is 4.11. The van der Waals surface area contributed by atoms with Crippen LogP contribution in [0.15, 0.2) is 24.5 Å². The molecule has 0 saturated heterocycles. The van der Waals surface area contributed by atoms with Crippen LogP contribution in [-0.2, 0) is 19.3 Å². The Balaban J connectivity index is 1.91. The number of hydrogen-bond donors (Lipinski definition) is 1. The van der Waals surface area contributed by atoms with E-state index >= 15 is 0 Å². The summed E-state index contributed by atoms with van der Waals surface area (Å²) in [7, 11) is 0. The topological polar surface area (TPSA) is 43.8 Å². The molecule has 1 aromatic carbocycles. The van der Waals surface area contributed by atoms with Gasteiger partial charge in [-0.15, -0.1) is 0 Å². The first-order chi connectivity index (χ1) is 10.2. The van der Waals surface area contributed by atoms with E-state index in [2.05, 4.69) is 41.6 Å². The smallest absolute Gasteiger partial charge is 0.0997 e. The van der Waals surface area contributed by atoms with Crippen molar-refractivity contribution in [3.05, 3.63) is 47.0 Å². The maximum Gasteiger partial charge on any atom is 0.0997 e.